The van der Waals surface area contributed by atoms with E-state index in [1.54, 1.807) is 6.07 Å². The number of nitrogens with zero attached hydrogens (tertiary/aromatic N) is 3. The van der Waals surface area contributed by atoms with Gasteiger partial charge in [-0.25, -0.2) is 5.10 Å². The van der Waals surface area contributed by atoms with Crippen molar-refractivity contribution in [1.82, 2.24) is 25.6 Å². The molecule has 0 aliphatic carbocycles. The zero-order chi connectivity index (χ0) is 18.6. The number of H-pyrrole nitrogens is 2. The minimum atomic E-state index is -0.235. The van der Waals surface area contributed by atoms with Crippen molar-refractivity contribution < 1.29 is 0 Å². The van der Waals surface area contributed by atoms with Crippen LogP contribution in [0.25, 0.3) is 22.5 Å². The van der Waals surface area contributed by atoms with E-state index < -0.39 is 0 Å². The Kier molecular flexibility index (Phi) is 4.36. The smallest absolute Gasteiger partial charge is 0.273 e. The van der Waals surface area contributed by atoms with Gasteiger partial charge in [-0.15, -0.1) is 5.10 Å². The summed E-state index contributed by atoms with van der Waals surface area (Å²) in [6, 6.07) is 17.6. The van der Waals surface area contributed by atoms with E-state index in [4.69, 9.17) is 5.73 Å². The summed E-state index contributed by atoms with van der Waals surface area (Å²) in [7, 11) is 0. The summed E-state index contributed by atoms with van der Waals surface area (Å²) in [6.45, 7) is 0.491. The first-order valence-corrected chi connectivity index (χ1v) is 8.36. The number of nitrogens with two attached hydrogens (primary N) is 1. The Hall–Kier alpha value is -3.94. The molecule has 0 aliphatic rings. The van der Waals surface area contributed by atoms with Gasteiger partial charge in [0, 0.05) is 18.3 Å². The fourth-order valence-electron chi connectivity index (χ4n) is 2.88. The molecule has 0 aliphatic heterocycles. The average molecular weight is 359 g/mol. The number of nitrogen functional groups attached to an aromatic ring is 1. The van der Waals surface area contributed by atoms with Crippen LogP contribution in [0.1, 0.15) is 5.56 Å². The van der Waals surface area contributed by atoms with Crippen molar-refractivity contribution in [2.75, 3.05) is 11.1 Å². The molecule has 0 unspecified atom stereocenters. The molecule has 8 heteroatoms. The molecule has 134 valence electrons. The lowest BCUT2D eigenvalue weighted by Gasteiger charge is -2.10. The van der Waals surface area contributed by atoms with E-state index in [-0.39, 0.29) is 5.56 Å². The van der Waals surface area contributed by atoms with E-state index in [9.17, 15) is 4.79 Å². The van der Waals surface area contributed by atoms with Gasteiger partial charge in [0.25, 0.3) is 5.56 Å². The summed E-state index contributed by atoms with van der Waals surface area (Å²) in [6.07, 6.45) is 1.53. The highest BCUT2D eigenvalue weighted by atomic mass is 16.1. The fraction of sp³-hybridized carbons (Fsp3) is 0.0526. The highest BCUT2D eigenvalue weighted by Gasteiger charge is 2.10. The maximum Gasteiger partial charge on any atom is 0.273 e. The summed E-state index contributed by atoms with van der Waals surface area (Å²) >= 11 is 0. The van der Waals surface area contributed by atoms with E-state index >= 15 is 0 Å². The molecule has 2 aromatic carbocycles. The van der Waals surface area contributed by atoms with E-state index in [0.717, 1.165) is 22.3 Å². The van der Waals surface area contributed by atoms with Crippen molar-refractivity contribution >= 4 is 11.4 Å². The molecule has 0 saturated heterocycles. The van der Waals surface area contributed by atoms with Crippen LogP contribution in [0, 0.1) is 0 Å². The Labute approximate surface area is 154 Å². The summed E-state index contributed by atoms with van der Waals surface area (Å²) in [5.41, 5.74) is 10.4. The average Bonchev–Trinajstić information content (AvgIpc) is 3.23. The molecule has 5 N–H and O–H groups in total. The van der Waals surface area contributed by atoms with Crippen molar-refractivity contribution in [1.29, 1.82) is 0 Å². The second-order valence-corrected chi connectivity index (χ2v) is 5.98. The van der Waals surface area contributed by atoms with Crippen LogP contribution in [0.4, 0.5) is 11.4 Å². The molecule has 0 bridgehead atoms. The van der Waals surface area contributed by atoms with Gasteiger partial charge in [-0.2, -0.15) is 0 Å². The lowest BCUT2D eigenvalue weighted by atomic mass is 9.98. The summed E-state index contributed by atoms with van der Waals surface area (Å²) in [5, 5.41) is 17.2. The predicted octanol–water partition coefficient (Wildman–Crippen LogP) is 2.42. The first-order valence-electron chi connectivity index (χ1n) is 8.36. The number of rotatable bonds is 5. The summed E-state index contributed by atoms with van der Waals surface area (Å²) in [5.74, 6) is 0.620. The maximum atomic E-state index is 11.8. The number of aromatic nitrogens is 5. The van der Waals surface area contributed by atoms with E-state index in [0.29, 0.717) is 23.7 Å². The summed E-state index contributed by atoms with van der Waals surface area (Å²) < 4.78 is 0. The molecule has 4 aromatic rings. The van der Waals surface area contributed by atoms with E-state index in [2.05, 4.69) is 30.9 Å². The number of pyridine rings is 1. The number of aromatic amines is 2. The monoisotopic (exact) mass is 359 g/mol. The van der Waals surface area contributed by atoms with Gasteiger partial charge in [0.2, 0.25) is 0 Å². The third-order valence-corrected chi connectivity index (χ3v) is 4.25. The molecule has 8 nitrogen and oxygen atoms in total. The predicted molar refractivity (Wildman–Crippen MR) is 104 cm³/mol. The number of hydrogen-bond donors (Lipinski definition) is 4. The number of benzene rings is 2. The highest BCUT2D eigenvalue weighted by molar-refractivity contribution is 5.80. The SMILES string of the molecule is Nc1cc[nH]c(=O)c1NCc1ccc(-c2ccccc2-c2nnn[nH]2)cc1. The number of nitrogens with one attached hydrogen (secondary N) is 3. The van der Waals surface area contributed by atoms with E-state index in [1.165, 1.54) is 6.20 Å². The second-order valence-electron chi connectivity index (χ2n) is 5.98. The van der Waals surface area contributed by atoms with Crippen molar-refractivity contribution in [3.05, 3.63) is 76.7 Å². The van der Waals surface area contributed by atoms with Gasteiger partial charge in [0.1, 0.15) is 5.69 Å². The quantitative estimate of drug-likeness (QED) is 0.434. The van der Waals surface area contributed by atoms with Crippen LogP contribution in [0.15, 0.2) is 65.6 Å². The van der Waals surface area contributed by atoms with Gasteiger partial charge in [-0.1, -0.05) is 48.5 Å². The number of tetrazole rings is 1. The number of hydrogen-bond acceptors (Lipinski definition) is 6. The Bertz CT molecular complexity index is 1100. The Morgan fingerprint density at radius 3 is 2.48 bits per heavy atom. The molecule has 27 heavy (non-hydrogen) atoms. The molecule has 0 spiro atoms. The zero-order valence-corrected chi connectivity index (χ0v) is 14.3. The first kappa shape index (κ1) is 16.5. The Morgan fingerprint density at radius 1 is 1.00 bits per heavy atom. The molecule has 2 aromatic heterocycles. The van der Waals surface area contributed by atoms with Crippen LogP contribution < -0.4 is 16.6 Å². The topological polar surface area (TPSA) is 125 Å². The molecule has 0 amide bonds. The van der Waals surface area contributed by atoms with Crippen LogP contribution in [0.3, 0.4) is 0 Å². The molecular weight excluding hydrogens is 342 g/mol. The lowest BCUT2D eigenvalue weighted by Crippen LogP contribution is -2.15. The van der Waals surface area contributed by atoms with Gasteiger partial charge in [0.05, 0.1) is 5.69 Å². The molecule has 0 fully saturated rings. The first-order chi connectivity index (χ1) is 13.2. The van der Waals surface area contributed by atoms with Gasteiger partial charge in [-0.3, -0.25) is 4.79 Å². The number of anilines is 2. The minimum absolute atomic E-state index is 0.235. The van der Waals surface area contributed by atoms with Crippen LogP contribution in [0.5, 0.6) is 0 Å². The van der Waals surface area contributed by atoms with Gasteiger partial charge in [-0.05, 0) is 33.2 Å². The van der Waals surface area contributed by atoms with Gasteiger partial charge >= 0.3 is 0 Å². The highest BCUT2D eigenvalue weighted by Crippen LogP contribution is 2.29. The Balaban J connectivity index is 1.56. The van der Waals surface area contributed by atoms with Crippen LogP contribution >= 0.6 is 0 Å². The van der Waals surface area contributed by atoms with Crippen molar-refractivity contribution in [2.24, 2.45) is 0 Å². The van der Waals surface area contributed by atoms with E-state index in [1.807, 2.05) is 48.5 Å². The van der Waals surface area contributed by atoms with Gasteiger partial charge in [0.15, 0.2) is 5.82 Å². The fourth-order valence-corrected chi connectivity index (χ4v) is 2.88. The van der Waals surface area contributed by atoms with Crippen molar-refractivity contribution in [2.45, 2.75) is 6.54 Å². The molecule has 0 radical (unpaired) electrons. The molecule has 2 heterocycles. The standard InChI is InChI=1S/C19H17N7O/c20-16-9-10-21-19(27)17(16)22-11-12-5-7-13(8-6-12)14-3-1-2-4-15(14)18-23-25-26-24-18/h1-10,22H,11H2,(H3,20,21,27)(H,23,24,25,26). The molecule has 4 rings (SSSR count). The zero-order valence-electron chi connectivity index (χ0n) is 14.3. The van der Waals surface area contributed by atoms with Crippen molar-refractivity contribution in [3.8, 4) is 22.5 Å². The third-order valence-electron chi connectivity index (χ3n) is 4.25. The van der Waals surface area contributed by atoms with Crippen LogP contribution in [-0.4, -0.2) is 25.6 Å². The third kappa shape index (κ3) is 3.40. The van der Waals surface area contributed by atoms with Gasteiger partial charge < -0.3 is 16.0 Å². The lowest BCUT2D eigenvalue weighted by molar-refractivity contribution is 0.881. The minimum Gasteiger partial charge on any atom is -0.397 e. The van der Waals surface area contributed by atoms with Crippen LogP contribution in [-0.2, 0) is 6.54 Å². The molecule has 0 atom stereocenters. The van der Waals surface area contributed by atoms with Crippen LogP contribution in [0.2, 0.25) is 0 Å². The Morgan fingerprint density at radius 2 is 1.78 bits per heavy atom. The largest absolute Gasteiger partial charge is 0.397 e. The van der Waals surface area contributed by atoms with Crippen molar-refractivity contribution in [3.63, 3.8) is 0 Å². The second kappa shape index (κ2) is 7.12. The normalized spacial score (nSPS) is 10.7. The summed E-state index contributed by atoms with van der Waals surface area (Å²) in [4.78, 5) is 14.4. The molecule has 0 saturated carbocycles. The maximum absolute atomic E-state index is 11.8. The molecular formula is C19H17N7O.